The lowest BCUT2D eigenvalue weighted by Crippen LogP contribution is -2.32. The van der Waals surface area contributed by atoms with Crippen molar-refractivity contribution in [2.75, 3.05) is 4.90 Å². The highest BCUT2D eigenvalue weighted by Crippen LogP contribution is 2.40. The van der Waals surface area contributed by atoms with Crippen LogP contribution in [0.4, 0.5) is 18.9 Å². The Kier molecular flexibility index (Phi) is 4.91. The highest BCUT2D eigenvalue weighted by molar-refractivity contribution is 8.04. The molecule has 1 heterocycles. The summed E-state index contributed by atoms with van der Waals surface area (Å²) < 4.78 is 40.6. The summed E-state index contributed by atoms with van der Waals surface area (Å²) in [6.07, 6.45) is 0. The van der Waals surface area contributed by atoms with Crippen LogP contribution in [-0.2, 0) is 9.59 Å². The van der Waals surface area contributed by atoms with Gasteiger partial charge in [0.2, 0.25) is 0 Å². The van der Waals surface area contributed by atoms with E-state index in [1.807, 2.05) is 13.8 Å². The molecular formula is C19H14F3NO2S. The van der Waals surface area contributed by atoms with Crippen molar-refractivity contribution in [3.05, 3.63) is 70.4 Å². The zero-order valence-corrected chi connectivity index (χ0v) is 14.7. The second-order valence-electron chi connectivity index (χ2n) is 5.92. The van der Waals surface area contributed by atoms with Crippen LogP contribution in [0.25, 0.3) is 5.57 Å². The summed E-state index contributed by atoms with van der Waals surface area (Å²) in [6, 6.07) is 7.77. The van der Waals surface area contributed by atoms with E-state index in [2.05, 4.69) is 0 Å². The maximum atomic E-state index is 14.2. The summed E-state index contributed by atoms with van der Waals surface area (Å²) in [5.41, 5.74) is 0.121. The van der Waals surface area contributed by atoms with Crippen molar-refractivity contribution in [1.29, 1.82) is 0 Å². The molecule has 1 aliphatic heterocycles. The fourth-order valence-electron chi connectivity index (χ4n) is 2.61. The van der Waals surface area contributed by atoms with Gasteiger partial charge in [-0.2, -0.15) is 0 Å². The van der Waals surface area contributed by atoms with Crippen molar-refractivity contribution in [1.82, 2.24) is 0 Å². The average molecular weight is 377 g/mol. The number of carbonyl (C=O) groups excluding carboxylic acids is 2. The summed E-state index contributed by atoms with van der Waals surface area (Å²) >= 11 is 1.17. The zero-order valence-electron chi connectivity index (χ0n) is 13.9. The third-order valence-corrected chi connectivity index (χ3v) is 4.76. The molecule has 0 N–H and O–H groups in total. The van der Waals surface area contributed by atoms with Gasteiger partial charge in [0.1, 0.15) is 17.5 Å². The maximum absolute atomic E-state index is 14.2. The van der Waals surface area contributed by atoms with Gasteiger partial charge in [-0.3, -0.25) is 9.59 Å². The summed E-state index contributed by atoms with van der Waals surface area (Å²) in [7, 11) is 0. The normalized spacial score (nSPS) is 14.8. The van der Waals surface area contributed by atoms with Crippen molar-refractivity contribution in [3.8, 4) is 0 Å². The summed E-state index contributed by atoms with van der Waals surface area (Å²) in [5, 5.41) is -0.0183. The van der Waals surface area contributed by atoms with Crippen LogP contribution in [0, 0.1) is 17.5 Å². The number of benzene rings is 2. The Morgan fingerprint density at radius 2 is 1.50 bits per heavy atom. The molecule has 0 spiro atoms. The second kappa shape index (κ2) is 6.99. The fraction of sp³-hybridized carbons (Fsp3) is 0.158. The number of carbonyl (C=O) groups is 2. The summed E-state index contributed by atoms with van der Waals surface area (Å²) in [4.78, 5) is 26.6. The number of anilines is 1. The van der Waals surface area contributed by atoms with Gasteiger partial charge in [-0.1, -0.05) is 26.0 Å². The Hall–Kier alpha value is -2.54. The molecule has 2 amide bonds. The molecule has 134 valence electrons. The largest absolute Gasteiger partial charge is 0.272 e. The SMILES string of the molecule is CC(C)SC1=C(c2ccc(F)cc2)C(=O)N(c2ccc(F)cc2F)C1=O. The minimum atomic E-state index is -1.01. The van der Waals surface area contributed by atoms with E-state index in [-0.39, 0.29) is 21.4 Å². The van der Waals surface area contributed by atoms with E-state index in [0.29, 0.717) is 16.5 Å². The van der Waals surface area contributed by atoms with Gasteiger partial charge in [0.05, 0.1) is 16.2 Å². The third kappa shape index (κ3) is 3.26. The van der Waals surface area contributed by atoms with Gasteiger partial charge in [-0.25, -0.2) is 18.1 Å². The van der Waals surface area contributed by atoms with Gasteiger partial charge in [-0.05, 0) is 29.8 Å². The lowest BCUT2D eigenvalue weighted by Gasteiger charge is -2.16. The molecule has 0 bridgehead atoms. The van der Waals surface area contributed by atoms with E-state index in [4.69, 9.17) is 0 Å². The fourth-order valence-corrected chi connectivity index (χ4v) is 3.59. The van der Waals surface area contributed by atoms with Gasteiger partial charge in [0, 0.05) is 11.3 Å². The molecule has 26 heavy (non-hydrogen) atoms. The first kappa shape index (κ1) is 18.3. The van der Waals surface area contributed by atoms with Crippen molar-refractivity contribution >= 4 is 34.8 Å². The minimum absolute atomic E-state index is 0.0183. The highest BCUT2D eigenvalue weighted by Gasteiger charge is 2.41. The van der Waals surface area contributed by atoms with Crippen LogP contribution in [0.5, 0.6) is 0 Å². The van der Waals surface area contributed by atoms with E-state index in [1.165, 1.54) is 36.0 Å². The predicted molar refractivity (Wildman–Crippen MR) is 94.9 cm³/mol. The lowest BCUT2D eigenvalue weighted by molar-refractivity contribution is -0.119. The number of hydrogen-bond acceptors (Lipinski definition) is 3. The second-order valence-corrected chi connectivity index (χ2v) is 7.51. The topological polar surface area (TPSA) is 37.4 Å². The monoisotopic (exact) mass is 377 g/mol. The lowest BCUT2D eigenvalue weighted by atomic mass is 10.1. The van der Waals surface area contributed by atoms with Gasteiger partial charge < -0.3 is 0 Å². The van der Waals surface area contributed by atoms with Gasteiger partial charge in [0.15, 0.2) is 0 Å². The molecule has 0 radical (unpaired) electrons. The molecule has 7 heteroatoms. The van der Waals surface area contributed by atoms with Crippen LogP contribution < -0.4 is 4.90 Å². The Morgan fingerprint density at radius 1 is 0.885 bits per heavy atom. The maximum Gasteiger partial charge on any atom is 0.272 e. The van der Waals surface area contributed by atoms with E-state index < -0.39 is 29.3 Å². The number of rotatable bonds is 4. The van der Waals surface area contributed by atoms with E-state index in [9.17, 15) is 22.8 Å². The molecule has 0 fully saturated rings. The number of hydrogen-bond donors (Lipinski definition) is 0. The number of imide groups is 1. The molecule has 2 aromatic carbocycles. The first-order valence-corrected chi connectivity index (χ1v) is 8.68. The van der Waals surface area contributed by atoms with Crippen LogP contribution in [0.3, 0.4) is 0 Å². The van der Waals surface area contributed by atoms with Crippen LogP contribution in [0.1, 0.15) is 19.4 Å². The zero-order chi connectivity index (χ0) is 19.0. The van der Waals surface area contributed by atoms with Crippen molar-refractivity contribution in [3.63, 3.8) is 0 Å². The van der Waals surface area contributed by atoms with Crippen LogP contribution >= 0.6 is 11.8 Å². The molecular weight excluding hydrogens is 363 g/mol. The number of halogens is 3. The molecule has 3 rings (SSSR count). The van der Waals surface area contributed by atoms with E-state index in [1.54, 1.807) is 0 Å². The predicted octanol–water partition coefficient (Wildman–Crippen LogP) is 4.53. The molecule has 0 aliphatic carbocycles. The molecule has 0 atom stereocenters. The molecule has 3 nitrogen and oxygen atoms in total. The van der Waals surface area contributed by atoms with Crippen molar-refractivity contribution in [2.24, 2.45) is 0 Å². The van der Waals surface area contributed by atoms with Crippen molar-refractivity contribution in [2.45, 2.75) is 19.1 Å². The van der Waals surface area contributed by atoms with Crippen LogP contribution in [0.15, 0.2) is 47.4 Å². The molecule has 0 saturated heterocycles. The van der Waals surface area contributed by atoms with Crippen LogP contribution in [-0.4, -0.2) is 17.1 Å². The van der Waals surface area contributed by atoms with Crippen molar-refractivity contribution < 1.29 is 22.8 Å². The smallest absolute Gasteiger partial charge is 0.268 e. The van der Waals surface area contributed by atoms with Gasteiger partial charge in [0.25, 0.3) is 11.8 Å². The Morgan fingerprint density at radius 3 is 2.08 bits per heavy atom. The number of thioether (sulfide) groups is 1. The first-order chi connectivity index (χ1) is 12.3. The number of nitrogens with zero attached hydrogens (tertiary/aromatic N) is 1. The highest BCUT2D eigenvalue weighted by atomic mass is 32.2. The van der Waals surface area contributed by atoms with E-state index >= 15 is 0 Å². The first-order valence-electron chi connectivity index (χ1n) is 7.80. The Bertz CT molecular complexity index is 923. The molecule has 0 saturated carbocycles. The van der Waals surface area contributed by atoms with Gasteiger partial charge in [-0.15, -0.1) is 11.8 Å². The third-order valence-electron chi connectivity index (χ3n) is 3.68. The quantitative estimate of drug-likeness (QED) is 0.735. The summed E-state index contributed by atoms with van der Waals surface area (Å²) in [6.45, 7) is 3.69. The molecule has 2 aromatic rings. The Balaban J connectivity index is 2.12. The molecule has 0 unspecified atom stereocenters. The number of amides is 2. The average Bonchev–Trinajstić information content (AvgIpc) is 2.79. The Labute approximate surface area is 152 Å². The summed E-state index contributed by atoms with van der Waals surface area (Å²) in [5.74, 6) is -3.71. The van der Waals surface area contributed by atoms with Crippen LogP contribution in [0.2, 0.25) is 0 Å². The standard InChI is InChI=1S/C19H14F3NO2S/c1-10(2)26-17-16(11-3-5-12(20)6-4-11)18(24)23(19(17)25)15-8-7-13(21)9-14(15)22/h3-10H,1-2H3. The minimum Gasteiger partial charge on any atom is -0.268 e. The van der Waals surface area contributed by atoms with E-state index in [0.717, 1.165) is 12.1 Å². The van der Waals surface area contributed by atoms with Gasteiger partial charge >= 0.3 is 0 Å². The molecule has 0 aromatic heterocycles. The molecule has 1 aliphatic rings.